The highest BCUT2D eigenvalue weighted by atomic mass is 19.1. The summed E-state index contributed by atoms with van der Waals surface area (Å²) in [6.45, 7) is 4.62. The zero-order chi connectivity index (χ0) is 20.3. The van der Waals surface area contributed by atoms with Crippen molar-refractivity contribution in [3.05, 3.63) is 52.1 Å². The van der Waals surface area contributed by atoms with E-state index < -0.39 is 29.6 Å². The lowest BCUT2D eigenvalue weighted by Gasteiger charge is -2.13. The normalized spacial score (nSPS) is 11.6. The van der Waals surface area contributed by atoms with Crippen molar-refractivity contribution < 1.29 is 33.0 Å². The monoisotopic (exact) mass is 377 g/mol. The minimum absolute atomic E-state index is 0.0106. The molecule has 0 radical (unpaired) electrons. The second-order valence-electron chi connectivity index (χ2n) is 5.88. The van der Waals surface area contributed by atoms with Crippen LogP contribution in [0.4, 0.5) is 4.39 Å². The van der Waals surface area contributed by atoms with Crippen LogP contribution in [0.5, 0.6) is 5.75 Å². The first-order valence-electron chi connectivity index (χ1n) is 8.07. The number of esters is 2. The van der Waals surface area contributed by atoms with Crippen LogP contribution in [-0.2, 0) is 9.47 Å². The van der Waals surface area contributed by atoms with Crippen LogP contribution in [0.2, 0.25) is 0 Å². The van der Waals surface area contributed by atoms with Gasteiger partial charge in [-0.3, -0.25) is 4.79 Å². The van der Waals surface area contributed by atoms with Gasteiger partial charge < -0.3 is 19.2 Å². The predicted molar refractivity (Wildman–Crippen MR) is 93.8 cm³/mol. The molecule has 0 bridgehead atoms. The Morgan fingerprint density at radius 2 is 1.78 bits per heavy atom. The Morgan fingerprint density at radius 3 is 2.33 bits per heavy atom. The highest BCUT2D eigenvalue weighted by Gasteiger charge is 2.27. The fraction of sp³-hybridized carbons (Fsp3) is 0.316. The van der Waals surface area contributed by atoms with E-state index in [0.29, 0.717) is 11.3 Å². The smallest absolute Gasteiger partial charge is 0.339 e. The number of nitrogens with one attached hydrogen (secondary N) is 1. The zero-order valence-corrected chi connectivity index (χ0v) is 15.6. The molecule has 1 aromatic carbocycles. The van der Waals surface area contributed by atoms with Gasteiger partial charge >= 0.3 is 11.9 Å². The summed E-state index contributed by atoms with van der Waals surface area (Å²) in [6.07, 6.45) is -1.15. The molecule has 0 amide bonds. The van der Waals surface area contributed by atoms with Gasteiger partial charge in [0, 0.05) is 5.69 Å². The average molecular weight is 377 g/mol. The molecule has 0 spiro atoms. The molecule has 0 aliphatic rings. The summed E-state index contributed by atoms with van der Waals surface area (Å²) >= 11 is 0. The molecule has 1 N–H and O–H groups in total. The molecular formula is C19H20FNO6. The number of benzene rings is 1. The van der Waals surface area contributed by atoms with Crippen LogP contribution in [0, 0.1) is 19.7 Å². The summed E-state index contributed by atoms with van der Waals surface area (Å²) in [4.78, 5) is 39.5. The maximum absolute atomic E-state index is 13.7. The average Bonchev–Trinajstić information content (AvgIpc) is 2.94. The second-order valence-corrected chi connectivity index (χ2v) is 5.88. The van der Waals surface area contributed by atoms with E-state index >= 15 is 0 Å². The maximum atomic E-state index is 13.7. The number of aromatic amines is 1. The van der Waals surface area contributed by atoms with Gasteiger partial charge in [-0.1, -0.05) is 0 Å². The molecule has 1 atom stereocenters. The van der Waals surface area contributed by atoms with Gasteiger partial charge in [-0.15, -0.1) is 0 Å². The van der Waals surface area contributed by atoms with E-state index in [9.17, 15) is 18.8 Å². The number of carbonyl (C=O) groups is 3. The first kappa shape index (κ1) is 20.2. The Hall–Kier alpha value is -3.16. The highest BCUT2D eigenvalue weighted by Crippen LogP contribution is 2.22. The van der Waals surface area contributed by atoms with Crippen LogP contribution in [0.25, 0.3) is 0 Å². The number of ether oxygens (including phenoxy) is 3. The number of H-pyrrole nitrogens is 1. The molecule has 1 aromatic heterocycles. The van der Waals surface area contributed by atoms with Crippen molar-refractivity contribution in [2.24, 2.45) is 0 Å². The molecule has 0 aliphatic heterocycles. The predicted octanol–water partition coefficient (Wildman–Crippen LogP) is 2.99. The van der Waals surface area contributed by atoms with E-state index in [1.165, 1.54) is 33.3 Å². The Labute approximate surface area is 155 Å². The first-order chi connectivity index (χ1) is 12.7. The van der Waals surface area contributed by atoms with Crippen molar-refractivity contribution in [2.75, 3.05) is 14.2 Å². The molecule has 0 saturated heterocycles. The van der Waals surface area contributed by atoms with E-state index in [1.807, 2.05) is 0 Å². The molecule has 144 valence electrons. The van der Waals surface area contributed by atoms with Gasteiger partial charge in [-0.05, 0) is 44.5 Å². The van der Waals surface area contributed by atoms with Crippen molar-refractivity contribution in [1.29, 1.82) is 0 Å². The lowest BCUT2D eigenvalue weighted by atomic mass is 10.1. The third kappa shape index (κ3) is 3.99. The van der Waals surface area contributed by atoms with Crippen LogP contribution in [0.1, 0.15) is 49.4 Å². The number of aromatic nitrogens is 1. The van der Waals surface area contributed by atoms with E-state index in [-0.39, 0.29) is 22.6 Å². The fourth-order valence-corrected chi connectivity index (χ4v) is 2.68. The quantitative estimate of drug-likeness (QED) is 0.614. The van der Waals surface area contributed by atoms with Crippen LogP contribution >= 0.6 is 0 Å². The van der Waals surface area contributed by atoms with Crippen molar-refractivity contribution >= 4 is 17.7 Å². The zero-order valence-electron chi connectivity index (χ0n) is 15.6. The van der Waals surface area contributed by atoms with Crippen LogP contribution in [-0.4, -0.2) is 43.0 Å². The first-order valence-corrected chi connectivity index (χ1v) is 8.07. The summed E-state index contributed by atoms with van der Waals surface area (Å²) in [6, 6.07) is 3.60. The van der Waals surface area contributed by atoms with Crippen LogP contribution in [0.15, 0.2) is 18.2 Å². The van der Waals surface area contributed by atoms with Crippen LogP contribution in [0.3, 0.4) is 0 Å². The third-order valence-electron chi connectivity index (χ3n) is 4.11. The molecule has 0 fully saturated rings. The minimum Gasteiger partial charge on any atom is -0.494 e. The summed E-state index contributed by atoms with van der Waals surface area (Å²) in [5.74, 6) is -2.67. The molecule has 1 heterocycles. The number of methoxy groups -OCH3 is 2. The number of hydrogen-bond donors (Lipinski definition) is 1. The van der Waals surface area contributed by atoms with Crippen LogP contribution < -0.4 is 4.74 Å². The van der Waals surface area contributed by atoms with Gasteiger partial charge in [0.05, 0.1) is 31.0 Å². The Balaban J connectivity index is 2.20. The Kier molecular flexibility index (Phi) is 5.99. The second kappa shape index (κ2) is 8.03. The number of ketones is 1. The molecule has 0 unspecified atom stereocenters. The fourth-order valence-electron chi connectivity index (χ4n) is 2.68. The van der Waals surface area contributed by atoms with Crippen molar-refractivity contribution in [1.82, 2.24) is 4.98 Å². The van der Waals surface area contributed by atoms with Gasteiger partial charge in [-0.25, -0.2) is 14.0 Å². The standard InChI is InChI=1S/C19H20FNO6/c1-9-15(19(24)26-5)10(2)21-16(9)17(22)11(3)27-18(23)12-6-7-14(25-4)13(20)8-12/h6-8,11,21H,1-5H3/t11-/m1/s1. The van der Waals surface area contributed by atoms with Crippen molar-refractivity contribution in [2.45, 2.75) is 26.9 Å². The molecule has 27 heavy (non-hydrogen) atoms. The third-order valence-corrected chi connectivity index (χ3v) is 4.11. The molecule has 2 aromatic rings. The molecule has 0 aliphatic carbocycles. The van der Waals surface area contributed by atoms with E-state index in [4.69, 9.17) is 14.2 Å². The highest BCUT2D eigenvalue weighted by molar-refractivity contribution is 6.04. The molecule has 0 saturated carbocycles. The number of carbonyl (C=O) groups excluding carboxylic acids is 3. The number of rotatable bonds is 6. The minimum atomic E-state index is -1.15. The van der Waals surface area contributed by atoms with Gasteiger partial charge in [0.15, 0.2) is 17.7 Å². The SMILES string of the molecule is COC(=O)c1c(C)[nH]c(C(=O)[C@@H](C)OC(=O)c2ccc(OC)c(F)c2)c1C. The van der Waals surface area contributed by atoms with E-state index in [0.717, 1.165) is 6.07 Å². The molecular weight excluding hydrogens is 357 g/mol. The number of hydrogen-bond acceptors (Lipinski definition) is 6. The van der Waals surface area contributed by atoms with E-state index in [2.05, 4.69) is 4.98 Å². The molecule has 2 rings (SSSR count). The van der Waals surface area contributed by atoms with Gasteiger partial charge in [0.25, 0.3) is 0 Å². The van der Waals surface area contributed by atoms with Crippen molar-refractivity contribution in [3.63, 3.8) is 0 Å². The largest absolute Gasteiger partial charge is 0.494 e. The number of Topliss-reactive ketones (excluding diaryl/α,β-unsaturated/α-hetero) is 1. The lowest BCUT2D eigenvalue weighted by molar-refractivity contribution is 0.0316. The molecule has 8 heteroatoms. The topological polar surface area (TPSA) is 94.7 Å². The lowest BCUT2D eigenvalue weighted by Crippen LogP contribution is -2.25. The Bertz CT molecular complexity index is 902. The summed E-state index contributed by atoms with van der Waals surface area (Å²) in [7, 11) is 2.55. The number of aryl methyl sites for hydroxylation is 1. The summed E-state index contributed by atoms with van der Waals surface area (Å²) in [5, 5.41) is 0. The van der Waals surface area contributed by atoms with E-state index in [1.54, 1.807) is 13.8 Å². The Morgan fingerprint density at radius 1 is 1.11 bits per heavy atom. The van der Waals surface area contributed by atoms with Gasteiger partial charge in [0.1, 0.15) is 0 Å². The summed E-state index contributed by atoms with van der Waals surface area (Å²) < 4.78 is 28.4. The maximum Gasteiger partial charge on any atom is 0.339 e. The van der Waals surface area contributed by atoms with Gasteiger partial charge in [0.2, 0.25) is 5.78 Å². The number of halogens is 1. The molecule has 7 nitrogen and oxygen atoms in total. The van der Waals surface area contributed by atoms with Gasteiger partial charge in [-0.2, -0.15) is 0 Å². The van der Waals surface area contributed by atoms with Crippen molar-refractivity contribution in [3.8, 4) is 5.75 Å². The summed E-state index contributed by atoms with van der Waals surface area (Å²) in [5.41, 5.74) is 1.23.